The predicted molar refractivity (Wildman–Crippen MR) is 151 cm³/mol. The molecule has 9 heteroatoms. The first-order valence-corrected chi connectivity index (χ1v) is 14.4. The number of piperazine rings is 1. The highest BCUT2D eigenvalue weighted by atomic mass is 35.5. The third kappa shape index (κ3) is 5.58. The van der Waals surface area contributed by atoms with E-state index in [9.17, 15) is 14.7 Å². The number of aliphatic hydroxyl groups excluding tert-OH is 1. The van der Waals surface area contributed by atoms with Gasteiger partial charge in [0.15, 0.2) is 0 Å². The van der Waals surface area contributed by atoms with Gasteiger partial charge in [-0.15, -0.1) is 0 Å². The molecule has 204 valence electrons. The summed E-state index contributed by atoms with van der Waals surface area (Å²) in [5.74, 6) is -0.0826. The van der Waals surface area contributed by atoms with Crippen LogP contribution in [0, 0.1) is 0 Å². The molecule has 1 saturated heterocycles. The molecule has 7 nitrogen and oxygen atoms in total. The lowest BCUT2D eigenvalue weighted by atomic mass is 9.80. The molecule has 0 bridgehead atoms. The molecule has 1 unspecified atom stereocenters. The van der Waals surface area contributed by atoms with Gasteiger partial charge in [0.2, 0.25) is 11.8 Å². The number of fused-ring (bicyclic) bond motifs is 1. The fraction of sp³-hybridized carbons (Fsp3) is 0.517. The van der Waals surface area contributed by atoms with E-state index < -0.39 is 5.54 Å². The number of rotatable bonds is 8. The van der Waals surface area contributed by atoms with E-state index in [1.807, 2.05) is 41.3 Å². The van der Waals surface area contributed by atoms with E-state index in [2.05, 4.69) is 15.1 Å². The Hall–Kier alpha value is -2.16. The summed E-state index contributed by atoms with van der Waals surface area (Å²) in [5, 5.41) is 13.6. The molecule has 2 N–H and O–H groups in total. The lowest BCUT2D eigenvalue weighted by Gasteiger charge is -2.46. The van der Waals surface area contributed by atoms with Crippen molar-refractivity contribution in [1.29, 1.82) is 0 Å². The predicted octanol–water partition coefficient (Wildman–Crippen LogP) is 4.15. The van der Waals surface area contributed by atoms with Gasteiger partial charge >= 0.3 is 0 Å². The summed E-state index contributed by atoms with van der Waals surface area (Å²) in [5.41, 5.74) is 1.45. The first-order chi connectivity index (χ1) is 18.4. The summed E-state index contributed by atoms with van der Waals surface area (Å²) in [4.78, 5) is 34.2. The number of β-amino-alcohol motifs (C(OH)–C–C–N with tert-alkyl or cyclic N) is 1. The summed E-state index contributed by atoms with van der Waals surface area (Å²) in [6.45, 7) is 3.64. The second kappa shape index (κ2) is 11.9. The molecule has 1 saturated carbocycles. The molecular formula is C29H36Cl2N4O3. The van der Waals surface area contributed by atoms with Crippen LogP contribution in [0.4, 0.5) is 5.69 Å². The average Bonchev–Trinajstić information content (AvgIpc) is 3.18. The van der Waals surface area contributed by atoms with Crippen molar-refractivity contribution in [2.24, 2.45) is 0 Å². The quantitative estimate of drug-likeness (QED) is 0.509. The molecule has 2 fully saturated rings. The molecule has 1 atom stereocenters. The number of hydrogen-bond acceptors (Lipinski definition) is 5. The van der Waals surface area contributed by atoms with Crippen molar-refractivity contribution in [3.05, 3.63) is 63.6 Å². The zero-order valence-corrected chi connectivity index (χ0v) is 23.2. The fourth-order valence-electron chi connectivity index (χ4n) is 6.41. The number of anilines is 1. The van der Waals surface area contributed by atoms with Crippen LogP contribution >= 0.6 is 23.2 Å². The first-order valence-electron chi connectivity index (χ1n) is 13.6. The van der Waals surface area contributed by atoms with Gasteiger partial charge in [0.05, 0.1) is 13.2 Å². The van der Waals surface area contributed by atoms with Crippen LogP contribution in [0.1, 0.15) is 43.2 Å². The largest absolute Gasteiger partial charge is 0.395 e. The second-order valence-corrected chi connectivity index (χ2v) is 11.5. The van der Waals surface area contributed by atoms with Gasteiger partial charge in [-0.3, -0.25) is 19.4 Å². The van der Waals surface area contributed by atoms with Gasteiger partial charge in [-0.1, -0.05) is 60.7 Å². The number of aliphatic hydroxyl groups is 1. The molecule has 2 aromatic carbocycles. The molecule has 2 amide bonds. The third-order valence-corrected chi connectivity index (χ3v) is 8.82. The van der Waals surface area contributed by atoms with Crippen LogP contribution in [-0.4, -0.2) is 83.5 Å². The SMILES string of the molecule is O=C(CN(C1CCCCC1)C1(Cc2cccc(Cl)c2)C(=O)Nc2cc(Cl)ccc21)N1CCN(CCO)CC1. The maximum atomic E-state index is 14.1. The molecule has 2 heterocycles. The summed E-state index contributed by atoms with van der Waals surface area (Å²) < 4.78 is 0. The maximum absolute atomic E-state index is 14.1. The average molecular weight is 560 g/mol. The van der Waals surface area contributed by atoms with Crippen molar-refractivity contribution in [2.75, 3.05) is 51.2 Å². The van der Waals surface area contributed by atoms with E-state index in [-0.39, 0.29) is 31.0 Å². The van der Waals surface area contributed by atoms with Crippen LogP contribution in [0.5, 0.6) is 0 Å². The van der Waals surface area contributed by atoms with Gasteiger partial charge in [-0.2, -0.15) is 0 Å². The highest BCUT2D eigenvalue weighted by Gasteiger charge is 2.54. The highest BCUT2D eigenvalue weighted by molar-refractivity contribution is 6.31. The molecule has 0 radical (unpaired) electrons. The molecular weight excluding hydrogens is 523 g/mol. The topological polar surface area (TPSA) is 76.1 Å². The number of benzene rings is 2. The number of nitrogens with zero attached hydrogens (tertiary/aromatic N) is 3. The third-order valence-electron chi connectivity index (χ3n) is 8.35. The minimum atomic E-state index is -1.05. The highest BCUT2D eigenvalue weighted by Crippen LogP contribution is 2.46. The van der Waals surface area contributed by atoms with Crippen molar-refractivity contribution in [2.45, 2.75) is 50.1 Å². The lowest BCUT2D eigenvalue weighted by molar-refractivity contribution is -0.141. The summed E-state index contributed by atoms with van der Waals surface area (Å²) in [7, 11) is 0. The first kappa shape index (κ1) is 27.4. The van der Waals surface area contributed by atoms with Crippen LogP contribution in [0.2, 0.25) is 10.0 Å². The van der Waals surface area contributed by atoms with Crippen molar-refractivity contribution in [3.8, 4) is 0 Å². The zero-order chi connectivity index (χ0) is 26.7. The normalized spacial score (nSPS) is 22.5. The van der Waals surface area contributed by atoms with Crippen LogP contribution in [0.25, 0.3) is 0 Å². The summed E-state index contributed by atoms with van der Waals surface area (Å²) in [6, 6.07) is 13.3. The van der Waals surface area contributed by atoms with Gasteiger partial charge in [0, 0.05) is 66.5 Å². The van der Waals surface area contributed by atoms with Crippen molar-refractivity contribution in [1.82, 2.24) is 14.7 Å². The Kier molecular flexibility index (Phi) is 8.60. The van der Waals surface area contributed by atoms with Gasteiger partial charge in [-0.05, 0) is 42.7 Å². The zero-order valence-electron chi connectivity index (χ0n) is 21.7. The molecule has 1 aliphatic carbocycles. The minimum Gasteiger partial charge on any atom is -0.395 e. The number of halogens is 2. The maximum Gasteiger partial charge on any atom is 0.249 e. The van der Waals surface area contributed by atoms with E-state index in [1.54, 1.807) is 6.07 Å². The van der Waals surface area contributed by atoms with Gasteiger partial charge in [-0.25, -0.2) is 0 Å². The molecule has 5 rings (SSSR count). The monoisotopic (exact) mass is 558 g/mol. The number of carbonyl (C=O) groups excluding carboxylic acids is 2. The number of hydrogen-bond donors (Lipinski definition) is 2. The minimum absolute atomic E-state index is 0.0416. The molecule has 3 aliphatic rings. The molecule has 2 aromatic rings. The Morgan fingerprint density at radius 2 is 1.76 bits per heavy atom. The molecule has 0 aromatic heterocycles. The van der Waals surface area contributed by atoms with Gasteiger partial charge < -0.3 is 15.3 Å². The van der Waals surface area contributed by atoms with E-state index in [1.165, 1.54) is 6.42 Å². The van der Waals surface area contributed by atoms with E-state index >= 15 is 0 Å². The Labute approximate surface area is 234 Å². The van der Waals surface area contributed by atoms with Crippen LogP contribution in [0.15, 0.2) is 42.5 Å². The standard InChI is InChI=1S/C29H36Cl2N4O3/c30-22-6-4-5-21(17-22)19-29(25-10-9-23(31)18-26(25)32-28(29)38)35(24-7-2-1-3-8-24)20-27(37)34-13-11-33(12-14-34)15-16-36/h4-6,9-10,17-18,24,36H,1-3,7-8,11-16,19-20H2,(H,32,38). The van der Waals surface area contributed by atoms with E-state index in [0.717, 1.165) is 49.9 Å². The van der Waals surface area contributed by atoms with E-state index in [0.29, 0.717) is 41.8 Å². The van der Waals surface area contributed by atoms with Crippen LogP contribution in [-0.2, 0) is 21.5 Å². The summed E-state index contributed by atoms with van der Waals surface area (Å²) in [6.07, 6.45) is 5.64. The fourth-order valence-corrected chi connectivity index (χ4v) is 6.79. The number of nitrogens with one attached hydrogen (secondary N) is 1. The molecule has 38 heavy (non-hydrogen) atoms. The Morgan fingerprint density at radius 1 is 1.03 bits per heavy atom. The number of carbonyl (C=O) groups is 2. The van der Waals surface area contributed by atoms with Crippen molar-refractivity contribution >= 4 is 40.7 Å². The smallest absolute Gasteiger partial charge is 0.249 e. The summed E-state index contributed by atoms with van der Waals surface area (Å²) >= 11 is 12.7. The van der Waals surface area contributed by atoms with Gasteiger partial charge in [0.25, 0.3) is 0 Å². The number of amides is 2. The Morgan fingerprint density at radius 3 is 2.47 bits per heavy atom. The lowest BCUT2D eigenvalue weighted by Crippen LogP contribution is -2.60. The molecule has 0 spiro atoms. The second-order valence-electron chi connectivity index (χ2n) is 10.7. The van der Waals surface area contributed by atoms with E-state index in [4.69, 9.17) is 23.2 Å². The van der Waals surface area contributed by atoms with Crippen LogP contribution in [0.3, 0.4) is 0 Å². The van der Waals surface area contributed by atoms with Gasteiger partial charge in [0.1, 0.15) is 5.54 Å². The van der Waals surface area contributed by atoms with Crippen molar-refractivity contribution < 1.29 is 14.7 Å². The Balaban J connectivity index is 1.53. The van der Waals surface area contributed by atoms with Crippen molar-refractivity contribution in [3.63, 3.8) is 0 Å². The van der Waals surface area contributed by atoms with Crippen LogP contribution < -0.4 is 5.32 Å². The molecule has 2 aliphatic heterocycles. The Bertz CT molecular complexity index is 1160.